The molecule has 0 unspecified atom stereocenters. The average Bonchev–Trinajstić information content (AvgIpc) is 3.34. The fourth-order valence-electron chi connectivity index (χ4n) is 4.52. The molecular weight excluding hydrogens is 408 g/mol. The summed E-state index contributed by atoms with van der Waals surface area (Å²) >= 11 is 0. The number of aryl methyl sites for hydroxylation is 3. The van der Waals surface area contributed by atoms with Gasteiger partial charge in [-0.05, 0) is 37.8 Å². The number of hydrogen-bond donors (Lipinski definition) is 1. The Hall–Kier alpha value is -3.68. The van der Waals surface area contributed by atoms with Crippen LogP contribution in [0.2, 0.25) is 0 Å². The number of aliphatic imine (C=N–C) groups is 1. The van der Waals surface area contributed by atoms with Crippen LogP contribution < -0.4 is 0 Å². The van der Waals surface area contributed by atoms with Crippen molar-refractivity contribution in [2.75, 3.05) is 0 Å². The predicted octanol–water partition coefficient (Wildman–Crippen LogP) is 5.83. The smallest absolute Gasteiger partial charge is 0.315 e. The van der Waals surface area contributed by atoms with Crippen molar-refractivity contribution < 1.29 is 14.4 Å². The number of hydrogen-bond acceptors (Lipinski definition) is 6. The SMILES string of the molecule is CCCCn1c(N=Cc2c(O)c([N+](=O)[O-])cc3oc4c(c23)CCCC4)nc2ccccc21. The van der Waals surface area contributed by atoms with E-state index in [4.69, 9.17) is 4.42 Å². The van der Waals surface area contributed by atoms with E-state index in [-0.39, 0.29) is 5.69 Å². The van der Waals surface area contributed by atoms with Gasteiger partial charge in [0.2, 0.25) is 11.7 Å². The quantitative estimate of drug-likeness (QED) is 0.234. The number of para-hydroxylation sites is 2. The van der Waals surface area contributed by atoms with E-state index < -0.39 is 10.7 Å². The van der Waals surface area contributed by atoms with Crippen LogP contribution >= 0.6 is 0 Å². The number of nitro benzene ring substituents is 1. The first-order valence-electron chi connectivity index (χ1n) is 11.0. The Morgan fingerprint density at radius 2 is 2.12 bits per heavy atom. The Morgan fingerprint density at radius 1 is 1.31 bits per heavy atom. The number of imidazole rings is 1. The van der Waals surface area contributed by atoms with E-state index in [1.807, 2.05) is 28.8 Å². The number of phenolic OH excluding ortho intramolecular Hbond substituents is 1. The first kappa shape index (κ1) is 20.2. The van der Waals surface area contributed by atoms with Crippen molar-refractivity contribution in [3.8, 4) is 5.75 Å². The first-order valence-corrected chi connectivity index (χ1v) is 11.0. The zero-order chi connectivity index (χ0) is 22.2. The lowest BCUT2D eigenvalue weighted by molar-refractivity contribution is -0.385. The second-order valence-corrected chi connectivity index (χ2v) is 8.16. The molecule has 8 nitrogen and oxygen atoms in total. The van der Waals surface area contributed by atoms with Crippen LogP contribution in [-0.2, 0) is 19.4 Å². The number of fused-ring (bicyclic) bond motifs is 4. The third-order valence-electron chi connectivity index (χ3n) is 6.11. The number of aromatic hydroxyl groups is 1. The van der Waals surface area contributed by atoms with Gasteiger partial charge in [0.1, 0.15) is 11.3 Å². The summed E-state index contributed by atoms with van der Waals surface area (Å²) in [6.07, 6.45) is 7.15. The van der Waals surface area contributed by atoms with Crippen molar-refractivity contribution in [3.63, 3.8) is 0 Å². The zero-order valence-corrected chi connectivity index (χ0v) is 17.9. The van der Waals surface area contributed by atoms with Crippen molar-refractivity contribution in [1.29, 1.82) is 0 Å². The van der Waals surface area contributed by atoms with Crippen molar-refractivity contribution in [1.82, 2.24) is 9.55 Å². The second kappa shape index (κ2) is 8.11. The molecule has 0 spiro atoms. The highest BCUT2D eigenvalue weighted by atomic mass is 16.6. The number of rotatable bonds is 6. The van der Waals surface area contributed by atoms with Gasteiger partial charge in [0, 0.05) is 30.1 Å². The molecule has 2 heterocycles. The molecule has 164 valence electrons. The fourth-order valence-corrected chi connectivity index (χ4v) is 4.52. The van der Waals surface area contributed by atoms with Gasteiger partial charge in [-0.25, -0.2) is 9.98 Å². The molecule has 0 saturated carbocycles. The predicted molar refractivity (Wildman–Crippen MR) is 123 cm³/mol. The molecule has 0 amide bonds. The minimum absolute atomic E-state index is 0.315. The molecule has 1 aliphatic carbocycles. The minimum Gasteiger partial charge on any atom is -0.502 e. The Labute approximate surface area is 184 Å². The van der Waals surface area contributed by atoms with Gasteiger partial charge in [0.25, 0.3) is 0 Å². The lowest BCUT2D eigenvalue weighted by atomic mass is 9.93. The Bertz CT molecular complexity index is 1370. The van der Waals surface area contributed by atoms with Crippen LogP contribution in [0.4, 0.5) is 11.6 Å². The van der Waals surface area contributed by atoms with E-state index in [9.17, 15) is 15.2 Å². The van der Waals surface area contributed by atoms with Gasteiger partial charge < -0.3 is 14.1 Å². The molecule has 0 saturated heterocycles. The van der Waals surface area contributed by atoms with Gasteiger partial charge in [-0.15, -0.1) is 0 Å². The van der Waals surface area contributed by atoms with Crippen molar-refractivity contribution in [2.24, 2.45) is 4.99 Å². The maximum atomic E-state index is 11.6. The number of unbranched alkanes of at least 4 members (excludes halogenated alkanes) is 1. The van der Waals surface area contributed by atoms with Gasteiger partial charge in [-0.3, -0.25) is 10.1 Å². The Morgan fingerprint density at radius 3 is 2.94 bits per heavy atom. The normalized spacial score (nSPS) is 13.9. The summed E-state index contributed by atoms with van der Waals surface area (Å²) in [5, 5.41) is 23.1. The van der Waals surface area contributed by atoms with Crippen LogP contribution in [-0.4, -0.2) is 25.8 Å². The first-order chi connectivity index (χ1) is 15.6. The molecule has 5 rings (SSSR count). The molecule has 32 heavy (non-hydrogen) atoms. The molecule has 0 aliphatic heterocycles. The highest BCUT2D eigenvalue weighted by Gasteiger charge is 2.27. The van der Waals surface area contributed by atoms with Gasteiger partial charge in [-0.2, -0.15) is 0 Å². The molecular formula is C24H24N4O4. The van der Waals surface area contributed by atoms with Crippen LogP contribution in [0.5, 0.6) is 5.75 Å². The molecule has 2 aromatic carbocycles. The average molecular weight is 432 g/mol. The van der Waals surface area contributed by atoms with Crippen LogP contribution in [0.1, 0.15) is 49.5 Å². The highest BCUT2D eigenvalue weighted by molar-refractivity contribution is 6.05. The van der Waals surface area contributed by atoms with Crippen molar-refractivity contribution in [3.05, 3.63) is 57.3 Å². The summed E-state index contributed by atoms with van der Waals surface area (Å²) in [6.45, 7) is 2.89. The van der Waals surface area contributed by atoms with E-state index >= 15 is 0 Å². The molecule has 1 N–H and O–H groups in total. The summed E-state index contributed by atoms with van der Waals surface area (Å²) in [6, 6.07) is 9.16. The maximum absolute atomic E-state index is 11.6. The van der Waals surface area contributed by atoms with Gasteiger partial charge in [0.05, 0.1) is 27.6 Å². The maximum Gasteiger partial charge on any atom is 0.315 e. The zero-order valence-electron chi connectivity index (χ0n) is 17.9. The van der Waals surface area contributed by atoms with E-state index in [1.54, 1.807) is 0 Å². The van der Waals surface area contributed by atoms with E-state index in [0.717, 1.165) is 67.4 Å². The third-order valence-corrected chi connectivity index (χ3v) is 6.11. The van der Waals surface area contributed by atoms with Gasteiger partial charge >= 0.3 is 5.69 Å². The Kier molecular flexibility index (Phi) is 5.13. The third kappa shape index (κ3) is 3.32. The summed E-state index contributed by atoms with van der Waals surface area (Å²) in [5.41, 5.74) is 3.19. The van der Waals surface area contributed by atoms with Crippen LogP contribution in [0, 0.1) is 10.1 Å². The van der Waals surface area contributed by atoms with Crippen molar-refractivity contribution in [2.45, 2.75) is 52.0 Å². The fraction of sp³-hybridized carbons (Fsp3) is 0.333. The molecule has 8 heteroatoms. The number of furan rings is 1. The molecule has 0 fully saturated rings. The topological polar surface area (TPSA) is 107 Å². The lowest BCUT2D eigenvalue weighted by Gasteiger charge is -2.10. The van der Waals surface area contributed by atoms with Crippen LogP contribution in [0.15, 0.2) is 39.7 Å². The standard InChI is InChI=1S/C24H24N4O4/c1-2-3-12-27-18-10-6-5-9-17(18)26-24(27)25-14-16-22-15-8-4-7-11-20(15)32-21(22)13-19(23(16)29)28(30)31/h5-6,9-10,13-14,29H,2-4,7-8,11-12H2,1H3. The van der Waals surface area contributed by atoms with Crippen LogP contribution in [0.3, 0.4) is 0 Å². The van der Waals surface area contributed by atoms with E-state index in [2.05, 4.69) is 16.9 Å². The summed E-state index contributed by atoms with van der Waals surface area (Å²) in [4.78, 5) is 20.2. The number of phenols is 1. The van der Waals surface area contributed by atoms with E-state index in [0.29, 0.717) is 22.5 Å². The number of benzene rings is 2. The highest BCUT2D eigenvalue weighted by Crippen LogP contribution is 2.41. The largest absolute Gasteiger partial charge is 0.502 e. The summed E-state index contributed by atoms with van der Waals surface area (Å²) < 4.78 is 8.00. The van der Waals surface area contributed by atoms with Crippen molar-refractivity contribution >= 4 is 39.9 Å². The summed E-state index contributed by atoms with van der Waals surface area (Å²) in [5.74, 6) is 0.962. The Balaban J connectivity index is 1.69. The second-order valence-electron chi connectivity index (χ2n) is 8.16. The molecule has 0 atom stereocenters. The molecule has 4 aromatic rings. The minimum atomic E-state index is -0.593. The molecule has 2 aromatic heterocycles. The monoisotopic (exact) mass is 432 g/mol. The molecule has 0 radical (unpaired) electrons. The summed E-state index contributed by atoms with van der Waals surface area (Å²) in [7, 11) is 0. The molecule has 0 bridgehead atoms. The van der Waals surface area contributed by atoms with Gasteiger partial charge in [-0.1, -0.05) is 25.5 Å². The van der Waals surface area contributed by atoms with Gasteiger partial charge in [0.15, 0.2) is 0 Å². The van der Waals surface area contributed by atoms with E-state index in [1.165, 1.54) is 12.3 Å². The van der Waals surface area contributed by atoms with Crippen LogP contribution in [0.25, 0.3) is 22.0 Å². The molecule has 1 aliphatic rings. The number of nitro groups is 1. The number of aromatic nitrogens is 2. The number of nitrogens with zero attached hydrogens (tertiary/aromatic N) is 4. The lowest BCUT2D eigenvalue weighted by Crippen LogP contribution is -2.01.